The van der Waals surface area contributed by atoms with E-state index in [1.807, 2.05) is 48.8 Å². The molecule has 2 aromatic carbocycles. The lowest BCUT2D eigenvalue weighted by atomic mass is 10.3. The molecule has 0 unspecified atom stereocenters. The molecule has 0 aliphatic heterocycles. The Morgan fingerprint density at radius 2 is 1.71 bits per heavy atom. The molecule has 1 aromatic heterocycles. The minimum atomic E-state index is 0.988. The van der Waals surface area contributed by atoms with Gasteiger partial charge in [0.2, 0.25) is 0 Å². The maximum Gasteiger partial charge on any atom is 0.0763 e. The van der Waals surface area contributed by atoms with Crippen molar-refractivity contribution in [1.82, 2.24) is 4.57 Å². The van der Waals surface area contributed by atoms with Crippen LogP contribution in [0.15, 0.2) is 76.3 Å². The highest BCUT2D eigenvalue weighted by Crippen LogP contribution is 2.21. The maximum atomic E-state index is 4.59. The van der Waals surface area contributed by atoms with Crippen LogP contribution in [-0.4, -0.2) is 10.8 Å². The highest BCUT2D eigenvalue weighted by molar-refractivity contribution is 14.1. The third-order valence-electron chi connectivity index (χ3n) is 3.07. The fourth-order valence-corrected chi connectivity index (χ4v) is 2.82. The minimum Gasteiger partial charge on any atom is -0.316 e. The highest BCUT2D eigenvalue weighted by atomic mass is 127. The van der Waals surface area contributed by atoms with Crippen LogP contribution in [0.25, 0.3) is 5.69 Å². The van der Waals surface area contributed by atoms with E-state index in [9.17, 15) is 0 Å². The van der Waals surface area contributed by atoms with E-state index in [0.717, 1.165) is 25.1 Å². The van der Waals surface area contributed by atoms with Gasteiger partial charge in [0.15, 0.2) is 0 Å². The minimum absolute atomic E-state index is 0.988. The molecule has 0 fully saturated rings. The van der Waals surface area contributed by atoms with E-state index >= 15 is 0 Å². The van der Waals surface area contributed by atoms with Gasteiger partial charge in [0.25, 0.3) is 0 Å². The Morgan fingerprint density at radius 1 is 0.952 bits per heavy atom. The molecule has 104 valence electrons. The second-order valence-corrected chi connectivity index (χ2v) is 6.57. The second-order valence-electron chi connectivity index (χ2n) is 4.49. The highest BCUT2D eigenvalue weighted by Gasteiger charge is 2.01. The van der Waals surface area contributed by atoms with Crippen molar-refractivity contribution in [3.8, 4) is 5.69 Å². The first kappa shape index (κ1) is 14.5. The number of hydrogen-bond acceptors (Lipinski definition) is 1. The molecule has 0 radical (unpaired) electrons. The Kier molecular flexibility index (Phi) is 4.55. The summed E-state index contributed by atoms with van der Waals surface area (Å²) in [6, 6.07) is 20.4. The van der Waals surface area contributed by atoms with E-state index in [4.69, 9.17) is 0 Å². The van der Waals surface area contributed by atoms with Gasteiger partial charge in [-0.25, -0.2) is 0 Å². The number of benzene rings is 2. The van der Waals surface area contributed by atoms with Gasteiger partial charge in [-0.15, -0.1) is 0 Å². The molecule has 2 nitrogen and oxygen atoms in total. The zero-order valence-corrected chi connectivity index (χ0v) is 14.8. The molecule has 0 N–H and O–H groups in total. The van der Waals surface area contributed by atoms with E-state index in [2.05, 4.69) is 72.3 Å². The lowest BCUT2D eigenvalue weighted by Gasteiger charge is -2.06. The molecule has 0 aliphatic rings. The van der Waals surface area contributed by atoms with Crippen LogP contribution in [0.2, 0.25) is 0 Å². The van der Waals surface area contributed by atoms with Crippen LogP contribution in [0.3, 0.4) is 0 Å². The van der Waals surface area contributed by atoms with Gasteiger partial charge in [-0.2, -0.15) is 0 Å². The van der Waals surface area contributed by atoms with Gasteiger partial charge in [-0.1, -0.05) is 28.1 Å². The SMILES string of the molecule is Brc1ccc(-n2cccc2C=Nc2ccccc2I)cc1. The Balaban J connectivity index is 1.93. The van der Waals surface area contributed by atoms with Gasteiger partial charge >= 0.3 is 0 Å². The summed E-state index contributed by atoms with van der Waals surface area (Å²) in [5.41, 5.74) is 3.16. The number of hydrogen-bond donors (Lipinski definition) is 0. The molecule has 0 saturated heterocycles. The molecular formula is C17H12BrIN2. The van der Waals surface area contributed by atoms with Crippen LogP contribution in [0.1, 0.15) is 5.69 Å². The molecule has 0 saturated carbocycles. The standard InChI is InChI=1S/C17H12BrIN2/c18-13-7-9-14(10-8-13)21-11-3-4-15(21)12-20-17-6-2-1-5-16(17)19/h1-12H. The molecule has 0 bridgehead atoms. The Hall–Kier alpha value is -1.40. The molecule has 4 heteroatoms. The average molecular weight is 451 g/mol. The molecule has 0 amide bonds. The second kappa shape index (κ2) is 6.58. The third kappa shape index (κ3) is 3.44. The third-order valence-corrected chi connectivity index (χ3v) is 4.51. The molecule has 0 aliphatic carbocycles. The molecule has 0 spiro atoms. The Labute approximate surface area is 145 Å². The van der Waals surface area contributed by atoms with Crippen LogP contribution in [0.4, 0.5) is 5.69 Å². The molecule has 0 atom stereocenters. The summed E-state index contributed by atoms with van der Waals surface area (Å²) >= 11 is 5.76. The zero-order valence-electron chi connectivity index (χ0n) is 11.1. The smallest absolute Gasteiger partial charge is 0.0763 e. The van der Waals surface area contributed by atoms with Crippen molar-refractivity contribution >= 4 is 50.4 Å². The number of aromatic nitrogens is 1. The van der Waals surface area contributed by atoms with Gasteiger partial charge in [-0.05, 0) is 71.1 Å². The topological polar surface area (TPSA) is 17.3 Å². The Morgan fingerprint density at radius 3 is 2.48 bits per heavy atom. The van der Waals surface area contributed by atoms with Crippen LogP contribution in [-0.2, 0) is 0 Å². The van der Waals surface area contributed by atoms with Crippen LogP contribution in [0, 0.1) is 3.57 Å². The van der Waals surface area contributed by atoms with E-state index in [1.165, 1.54) is 0 Å². The molecule has 1 heterocycles. The van der Waals surface area contributed by atoms with Crippen molar-refractivity contribution in [3.63, 3.8) is 0 Å². The number of halogens is 2. The molecule has 21 heavy (non-hydrogen) atoms. The van der Waals surface area contributed by atoms with E-state index in [0.29, 0.717) is 0 Å². The fraction of sp³-hybridized carbons (Fsp3) is 0. The lowest BCUT2D eigenvalue weighted by molar-refractivity contribution is 1.07. The monoisotopic (exact) mass is 450 g/mol. The summed E-state index contributed by atoms with van der Waals surface area (Å²) < 4.78 is 4.34. The van der Waals surface area contributed by atoms with Crippen molar-refractivity contribution in [3.05, 3.63) is 80.6 Å². The van der Waals surface area contributed by atoms with Gasteiger partial charge in [0.05, 0.1) is 17.6 Å². The van der Waals surface area contributed by atoms with Gasteiger partial charge in [0.1, 0.15) is 0 Å². The summed E-state index contributed by atoms with van der Waals surface area (Å²) in [4.78, 5) is 4.59. The van der Waals surface area contributed by atoms with Gasteiger partial charge in [-0.3, -0.25) is 4.99 Å². The quantitative estimate of drug-likeness (QED) is 0.365. The number of nitrogens with zero attached hydrogens (tertiary/aromatic N) is 2. The summed E-state index contributed by atoms with van der Waals surface area (Å²) in [5.74, 6) is 0. The van der Waals surface area contributed by atoms with Crippen molar-refractivity contribution in [2.75, 3.05) is 0 Å². The fourth-order valence-electron chi connectivity index (χ4n) is 2.03. The average Bonchev–Trinajstić information content (AvgIpc) is 2.96. The first-order valence-electron chi connectivity index (χ1n) is 6.46. The number of para-hydroxylation sites is 1. The predicted molar refractivity (Wildman–Crippen MR) is 99.9 cm³/mol. The van der Waals surface area contributed by atoms with Crippen LogP contribution < -0.4 is 0 Å². The van der Waals surface area contributed by atoms with Crippen molar-refractivity contribution in [1.29, 1.82) is 0 Å². The largest absolute Gasteiger partial charge is 0.316 e. The molecular weight excluding hydrogens is 439 g/mol. The van der Waals surface area contributed by atoms with Gasteiger partial charge in [0, 0.05) is 19.9 Å². The number of aliphatic imine (C=N–C) groups is 1. The van der Waals surface area contributed by atoms with E-state index < -0.39 is 0 Å². The summed E-state index contributed by atoms with van der Waals surface area (Å²) in [6.45, 7) is 0. The van der Waals surface area contributed by atoms with Crippen molar-refractivity contribution in [2.45, 2.75) is 0 Å². The normalized spacial score (nSPS) is 11.1. The van der Waals surface area contributed by atoms with Crippen LogP contribution >= 0.6 is 38.5 Å². The molecule has 3 rings (SSSR count). The van der Waals surface area contributed by atoms with Gasteiger partial charge < -0.3 is 4.57 Å². The summed E-state index contributed by atoms with van der Waals surface area (Å²) in [5, 5.41) is 0. The lowest BCUT2D eigenvalue weighted by Crippen LogP contribution is -1.97. The summed E-state index contributed by atoms with van der Waals surface area (Å²) in [7, 11) is 0. The first-order chi connectivity index (χ1) is 10.2. The van der Waals surface area contributed by atoms with E-state index in [1.54, 1.807) is 0 Å². The van der Waals surface area contributed by atoms with Crippen LogP contribution in [0.5, 0.6) is 0 Å². The number of rotatable bonds is 3. The first-order valence-corrected chi connectivity index (χ1v) is 8.33. The van der Waals surface area contributed by atoms with E-state index in [-0.39, 0.29) is 0 Å². The predicted octanol–water partition coefficient (Wildman–Crippen LogP) is 5.60. The van der Waals surface area contributed by atoms with Crippen molar-refractivity contribution < 1.29 is 0 Å². The zero-order chi connectivity index (χ0) is 14.7. The van der Waals surface area contributed by atoms with Crippen molar-refractivity contribution in [2.24, 2.45) is 4.99 Å². The Bertz CT molecular complexity index is 775. The maximum absolute atomic E-state index is 4.59. The summed E-state index contributed by atoms with van der Waals surface area (Å²) in [6.07, 6.45) is 3.94. The molecule has 3 aromatic rings.